The number of hydrogen-bond acceptors (Lipinski definition) is 2. The van der Waals surface area contributed by atoms with E-state index in [1.54, 1.807) is 6.33 Å². The van der Waals surface area contributed by atoms with Crippen LogP contribution in [0.3, 0.4) is 0 Å². The summed E-state index contributed by atoms with van der Waals surface area (Å²) in [6, 6.07) is 0.612. The predicted molar refractivity (Wildman–Crippen MR) is 49.7 cm³/mol. The number of Topliss-reactive ketones (excluding diaryl/α,β-unsaturated/α-hetero) is 1. The molecule has 0 amide bonds. The van der Waals surface area contributed by atoms with Gasteiger partial charge in [-0.25, -0.2) is 4.98 Å². The zero-order chi connectivity index (χ0) is 9.42. The number of imidazole rings is 1. The molecule has 1 fully saturated rings. The van der Waals surface area contributed by atoms with Crippen LogP contribution in [0.5, 0.6) is 0 Å². The van der Waals surface area contributed by atoms with E-state index < -0.39 is 0 Å². The zero-order valence-electron chi connectivity index (χ0n) is 8.03. The highest BCUT2D eigenvalue weighted by Crippen LogP contribution is 2.34. The maximum absolute atomic E-state index is 11.5. The van der Waals surface area contributed by atoms with Gasteiger partial charge in [-0.3, -0.25) is 4.79 Å². The lowest BCUT2D eigenvalue weighted by atomic mass is 10.1. The first-order valence-electron chi connectivity index (χ1n) is 4.76. The topological polar surface area (TPSA) is 34.9 Å². The van der Waals surface area contributed by atoms with E-state index in [0.717, 1.165) is 0 Å². The molecule has 1 aliphatic rings. The van der Waals surface area contributed by atoms with Crippen LogP contribution in [0.4, 0.5) is 0 Å². The van der Waals surface area contributed by atoms with Crippen molar-refractivity contribution in [3.63, 3.8) is 0 Å². The standard InChI is InChI=1S/C10H14N2O/c1-7(2)10(13)9-5-12(6-11-9)8-3-4-8/h5-8H,3-4H2,1-2H3. The normalized spacial score (nSPS) is 16.5. The summed E-state index contributed by atoms with van der Waals surface area (Å²) in [6.45, 7) is 3.80. The summed E-state index contributed by atoms with van der Waals surface area (Å²) < 4.78 is 2.05. The number of aromatic nitrogens is 2. The van der Waals surface area contributed by atoms with Crippen LogP contribution in [0.15, 0.2) is 12.5 Å². The van der Waals surface area contributed by atoms with Gasteiger partial charge in [-0.15, -0.1) is 0 Å². The molecule has 0 N–H and O–H groups in total. The summed E-state index contributed by atoms with van der Waals surface area (Å²) in [5.74, 6) is 0.182. The Labute approximate surface area is 77.8 Å². The largest absolute Gasteiger partial charge is 0.334 e. The molecule has 1 saturated carbocycles. The molecular weight excluding hydrogens is 164 g/mol. The van der Waals surface area contributed by atoms with E-state index >= 15 is 0 Å². The third-order valence-electron chi connectivity index (χ3n) is 2.35. The van der Waals surface area contributed by atoms with Gasteiger partial charge in [0, 0.05) is 18.2 Å². The molecule has 1 aromatic heterocycles. The lowest BCUT2D eigenvalue weighted by Gasteiger charge is -1.98. The van der Waals surface area contributed by atoms with E-state index in [9.17, 15) is 4.79 Å². The summed E-state index contributed by atoms with van der Waals surface area (Å²) in [6.07, 6.45) is 6.10. The molecule has 1 heterocycles. The summed E-state index contributed by atoms with van der Waals surface area (Å²) in [5, 5.41) is 0. The van der Waals surface area contributed by atoms with Crippen molar-refractivity contribution >= 4 is 5.78 Å². The Morgan fingerprint density at radius 1 is 1.62 bits per heavy atom. The first-order valence-corrected chi connectivity index (χ1v) is 4.76. The predicted octanol–water partition coefficient (Wildman–Crippen LogP) is 2.06. The van der Waals surface area contributed by atoms with Gasteiger partial charge in [0.1, 0.15) is 5.69 Å². The third-order valence-corrected chi connectivity index (χ3v) is 2.35. The van der Waals surface area contributed by atoms with Gasteiger partial charge in [-0.2, -0.15) is 0 Å². The molecule has 3 heteroatoms. The molecule has 0 saturated heterocycles. The molecule has 0 spiro atoms. The molecule has 0 aromatic carbocycles. The van der Waals surface area contributed by atoms with Crippen LogP contribution in [0, 0.1) is 5.92 Å². The maximum Gasteiger partial charge on any atom is 0.185 e. The summed E-state index contributed by atoms with van der Waals surface area (Å²) in [5.41, 5.74) is 0.613. The number of nitrogens with zero attached hydrogens (tertiary/aromatic N) is 2. The van der Waals surface area contributed by atoms with Crippen LogP contribution >= 0.6 is 0 Å². The Morgan fingerprint density at radius 3 is 2.85 bits per heavy atom. The monoisotopic (exact) mass is 178 g/mol. The SMILES string of the molecule is CC(C)C(=O)c1cn(C2CC2)cn1. The Kier molecular flexibility index (Phi) is 1.94. The fourth-order valence-electron chi connectivity index (χ4n) is 1.33. The van der Waals surface area contributed by atoms with Crippen molar-refractivity contribution in [2.75, 3.05) is 0 Å². The van der Waals surface area contributed by atoms with Gasteiger partial charge >= 0.3 is 0 Å². The molecule has 1 aliphatic carbocycles. The van der Waals surface area contributed by atoms with Crippen LogP contribution in [-0.2, 0) is 0 Å². The fraction of sp³-hybridized carbons (Fsp3) is 0.600. The minimum absolute atomic E-state index is 0.0440. The number of carbonyl (C=O) groups excluding carboxylic acids is 1. The van der Waals surface area contributed by atoms with E-state index in [1.165, 1.54) is 12.8 Å². The number of carbonyl (C=O) groups is 1. The molecule has 0 unspecified atom stereocenters. The number of hydrogen-bond donors (Lipinski definition) is 0. The first-order chi connectivity index (χ1) is 6.18. The van der Waals surface area contributed by atoms with Crippen LogP contribution in [0.2, 0.25) is 0 Å². The van der Waals surface area contributed by atoms with Crippen LogP contribution < -0.4 is 0 Å². The molecule has 0 aliphatic heterocycles. The zero-order valence-corrected chi connectivity index (χ0v) is 8.03. The molecular formula is C10H14N2O. The van der Waals surface area contributed by atoms with Crippen molar-refractivity contribution in [3.05, 3.63) is 18.2 Å². The van der Waals surface area contributed by atoms with Crippen molar-refractivity contribution in [3.8, 4) is 0 Å². The molecule has 13 heavy (non-hydrogen) atoms. The first kappa shape index (κ1) is 8.48. The minimum Gasteiger partial charge on any atom is -0.334 e. The van der Waals surface area contributed by atoms with E-state index in [0.29, 0.717) is 11.7 Å². The molecule has 3 nitrogen and oxygen atoms in total. The summed E-state index contributed by atoms with van der Waals surface area (Å²) in [4.78, 5) is 15.6. The van der Waals surface area contributed by atoms with Gasteiger partial charge in [0.05, 0.1) is 6.33 Å². The highest BCUT2D eigenvalue weighted by molar-refractivity contribution is 5.95. The van der Waals surface area contributed by atoms with Crippen LogP contribution in [0.1, 0.15) is 43.2 Å². The number of rotatable bonds is 3. The van der Waals surface area contributed by atoms with Gasteiger partial charge in [0.25, 0.3) is 0 Å². The van der Waals surface area contributed by atoms with Crippen molar-refractivity contribution in [2.24, 2.45) is 5.92 Å². The van der Waals surface area contributed by atoms with E-state index in [4.69, 9.17) is 0 Å². The van der Waals surface area contributed by atoms with Gasteiger partial charge in [-0.1, -0.05) is 13.8 Å². The molecule has 2 rings (SSSR count). The lowest BCUT2D eigenvalue weighted by molar-refractivity contribution is 0.0935. The van der Waals surface area contributed by atoms with Gasteiger partial charge in [0.2, 0.25) is 0 Å². The minimum atomic E-state index is 0.0440. The molecule has 0 atom stereocenters. The molecule has 1 aromatic rings. The third kappa shape index (κ3) is 1.64. The second-order valence-corrected chi connectivity index (χ2v) is 3.96. The Morgan fingerprint density at radius 2 is 2.31 bits per heavy atom. The smallest absolute Gasteiger partial charge is 0.185 e. The average Bonchev–Trinajstić information content (AvgIpc) is 2.83. The van der Waals surface area contributed by atoms with Crippen molar-refractivity contribution in [1.29, 1.82) is 0 Å². The van der Waals surface area contributed by atoms with Gasteiger partial charge in [-0.05, 0) is 12.8 Å². The van der Waals surface area contributed by atoms with Crippen molar-refractivity contribution < 1.29 is 4.79 Å². The fourth-order valence-corrected chi connectivity index (χ4v) is 1.33. The van der Waals surface area contributed by atoms with Crippen molar-refractivity contribution in [1.82, 2.24) is 9.55 Å². The maximum atomic E-state index is 11.5. The quantitative estimate of drug-likeness (QED) is 0.664. The highest BCUT2D eigenvalue weighted by Gasteiger charge is 2.24. The Balaban J connectivity index is 2.16. The molecule has 0 radical (unpaired) electrons. The second-order valence-electron chi connectivity index (χ2n) is 3.96. The lowest BCUT2D eigenvalue weighted by Crippen LogP contribution is -2.07. The summed E-state index contributed by atoms with van der Waals surface area (Å²) in [7, 11) is 0. The van der Waals surface area contributed by atoms with Crippen molar-refractivity contribution in [2.45, 2.75) is 32.7 Å². The van der Waals surface area contributed by atoms with Crippen LogP contribution in [-0.4, -0.2) is 15.3 Å². The van der Waals surface area contributed by atoms with Gasteiger partial charge < -0.3 is 4.57 Å². The second kappa shape index (κ2) is 2.98. The Hall–Kier alpha value is -1.12. The molecule has 70 valence electrons. The molecule has 0 bridgehead atoms. The van der Waals surface area contributed by atoms with E-state index in [-0.39, 0.29) is 11.7 Å². The van der Waals surface area contributed by atoms with E-state index in [2.05, 4.69) is 9.55 Å². The summed E-state index contributed by atoms with van der Waals surface area (Å²) >= 11 is 0. The Bertz CT molecular complexity index is 323. The van der Waals surface area contributed by atoms with E-state index in [1.807, 2.05) is 20.0 Å². The van der Waals surface area contributed by atoms with Crippen LogP contribution in [0.25, 0.3) is 0 Å². The highest BCUT2D eigenvalue weighted by atomic mass is 16.1. The van der Waals surface area contributed by atoms with Gasteiger partial charge in [0.15, 0.2) is 5.78 Å². The number of ketones is 1. The average molecular weight is 178 g/mol.